The molecule has 3 rings (SSSR count). The molecule has 1 heterocycles. The second-order valence-corrected chi connectivity index (χ2v) is 6.05. The summed E-state index contributed by atoms with van der Waals surface area (Å²) < 4.78 is 0.524. The van der Waals surface area contributed by atoms with Gasteiger partial charge in [-0.1, -0.05) is 30.3 Å². The molecule has 1 fully saturated rings. The average molecular weight is 364 g/mol. The molecule has 22 heavy (non-hydrogen) atoms. The number of nitrogens with one attached hydrogen (secondary N) is 2. The zero-order chi connectivity index (χ0) is 15.7. The quantitative estimate of drug-likeness (QED) is 0.760. The summed E-state index contributed by atoms with van der Waals surface area (Å²) in [6.45, 7) is 0. The number of carboxylic acid groups (broad SMARTS) is 1. The summed E-state index contributed by atoms with van der Waals surface area (Å²) >= 11 is 3.37. The average Bonchev–Trinajstić information content (AvgIpc) is 3.27. The number of carbonyl (C=O) groups excluding carboxylic acids is 1. The van der Waals surface area contributed by atoms with Crippen LogP contribution in [0.1, 0.15) is 23.3 Å². The molecule has 0 aliphatic heterocycles. The Balaban J connectivity index is 1.82. The maximum Gasteiger partial charge on any atom is 0.326 e. The van der Waals surface area contributed by atoms with E-state index in [1.54, 1.807) is 0 Å². The van der Waals surface area contributed by atoms with Crippen LogP contribution >= 0.6 is 15.9 Å². The van der Waals surface area contributed by atoms with Gasteiger partial charge in [0.25, 0.3) is 5.91 Å². The number of aromatic amines is 1. The van der Waals surface area contributed by atoms with Gasteiger partial charge in [0.1, 0.15) is 17.4 Å². The van der Waals surface area contributed by atoms with E-state index in [1.165, 1.54) is 0 Å². The van der Waals surface area contributed by atoms with Gasteiger partial charge in [-0.2, -0.15) is 5.10 Å². The molecule has 1 saturated carbocycles. The Labute approximate surface area is 135 Å². The Kier molecular flexibility index (Phi) is 3.98. The number of carboxylic acids is 1. The van der Waals surface area contributed by atoms with Crippen LogP contribution < -0.4 is 5.32 Å². The van der Waals surface area contributed by atoms with Crippen LogP contribution in [-0.2, 0) is 4.79 Å². The van der Waals surface area contributed by atoms with Crippen molar-refractivity contribution in [1.29, 1.82) is 0 Å². The predicted molar refractivity (Wildman–Crippen MR) is 83.3 cm³/mol. The third-order valence-corrected chi connectivity index (χ3v) is 4.40. The van der Waals surface area contributed by atoms with Crippen molar-refractivity contribution in [3.05, 3.63) is 40.5 Å². The topological polar surface area (TPSA) is 95.1 Å². The van der Waals surface area contributed by atoms with Gasteiger partial charge in [-0.25, -0.2) is 4.79 Å². The van der Waals surface area contributed by atoms with Crippen LogP contribution in [-0.4, -0.2) is 33.2 Å². The first-order valence-corrected chi connectivity index (χ1v) is 7.70. The molecule has 0 radical (unpaired) electrons. The molecule has 7 heteroatoms. The van der Waals surface area contributed by atoms with E-state index in [9.17, 15) is 14.7 Å². The zero-order valence-corrected chi connectivity index (χ0v) is 13.1. The molecule has 0 spiro atoms. The number of H-pyrrole nitrogens is 1. The van der Waals surface area contributed by atoms with Gasteiger partial charge in [-0.3, -0.25) is 9.89 Å². The Morgan fingerprint density at radius 2 is 2.00 bits per heavy atom. The number of carbonyl (C=O) groups is 2. The molecule has 3 N–H and O–H groups in total. The van der Waals surface area contributed by atoms with Crippen molar-refractivity contribution >= 4 is 27.8 Å². The van der Waals surface area contributed by atoms with Gasteiger partial charge in [0.15, 0.2) is 0 Å². The molecule has 1 unspecified atom stereocenters. The number of aliphatic carboxylic acids is 1. The third kappa shape index (κ3) is 2.89. The van der Waals surface area contributed by atoms with E-state index in [0.717, 1.165) is 18.4 Å². The molecule has 1 aromatic carbocycles. The normalized spacial score (nSPS) is 15.3. The largest absolute Gasteiger partial charge is 0.480 e. The molecule has 0 bridgehead atoms. The molecule has 1 aliphatic rings. The minimum atomic E-state index is -1.00. The predicted octanol–water partition coefficient (Wildman–Crippen LogP) is 2.43. The van der Waals surface area contributed by atoms with E-state index in [2.05, 4.69) is 31.4 Å². The summed E-state index contributed by atoms with van der Waals surface area (Å²) in [4.78, 5) is 23.5. The van der Waals surface area contributed by atoms with Gasteiger partial charge in [-0.15, -0.1) is 0 Å². The zero-order valence-electron chi connectivity index (χ0n) is 11.5. The number of nitrogens with zero attached hydrogens (tertiary/aromatic N) is 1. The number of halogens is 1. The molecule has 0 saturated heterocycles. The first kappa shape index (κ1) is 14.8. The number of benzene rings is 1. The molecular formula is C15H14BrN3O3. The van der Waals surface area contributed by atoms with Crippen molar-refractivity contribution in [3.8, 4) is 11.3 Å². The number of amides is 1. The fourth-order valence-electron chi connectivity index (χ4n) is 2.29. The highest BCUT2D eigenvalue weighted by Crippen LogP contribution is 2.33. The van der Waals surface area contributed by atoms with Crippen molar-refractivity contribution in [2.75, 3.05) is 0 Å². The second kappa shape index (κ2) is 5.92. The summed E-state index contributed by atoms with van der Waals surface area (Å²) in [5, 5.41) is 18.6. The molecule has 114 valence electrons. The van der Waals surface area contributed by atoms with Crippen LogP contribution in [0.25, 0.3) is 11.3 Å². The van der Waals surface area contributed by atoms with Crippen LogP contribution in [0.15, 0.2) is 34.8 Å². The second-order valence-electron chi connectivity index (χ2n) is 5.25. The van der Waals surface area contributed by atoms with Crippen molar-refractivity contribution < 1.29 is 14.7 Å². The van der Waals surface area contributed by atoms with Gasteiger partial charge >= 0.3 is 5.97 Å². The van der Waals surface area contributed by atoms with Crippen molar-refractivity contribution in [2.24, 2.45) is 5.92 Å². The molecule has 1 amide bonds. The standard InChI is InChI=1S/C15H14BrN3O3/c16-10-11(8-4-2-1-3-5-8)18-19-13(10)14(20)17-12(15(21)22)9-6-7-9/h1-5,9,12H,6-7H2,(H,17,20)(H,18,19)(H,21,22). The van der Waals surface area contributed by atoms with Gasteiger partial charge in [0, 0.05) is 5.56 Å². The minimum absolute atomic E-state index is 0.0248. The third-order valence-electron chi connectivity index (χ3n) is 3.63. The van der Waals surface area contributed by atoms with E-state index < -0.39 is 17.9 Å². The highest BCUT2D eigenvalue weighted by Gasteiger charge is 2.38. The van der Waals surface area contributed by atoms with Crippen molar-refractivity contribution in [3.63, 3.8) is 0 Å². The van der Waals surface area contributed by atoms with Crippen LogP contribution in [0.4, 0.5) is 0 Å². The first-order chi connectivity index (χ1) is 10.6. The van der Waals surface area contributed by atoms with E-state index in [0.29, 0.717) is 10.2 Å². The van der Waals surface area contributed by atoms with E-state index in [1.807, 2.05) is 30.3 Å². The highest BCUT2D eigenvalue weighted by atomic mass is 79.9. The Morgan fingerprint density at radius 3 is 2.59 bits per heavy atom. The molecule has 2 aromatic rings. The van der Waals surface area contributed by atoms with Gasteiger partial charge in [0.2, 0.25) is 0 Å². The lowest BCUT2D eigenvalue weighted by atomic mass is 10.1. The van der Waals surface area contributed by atoms with Crippen molar-refractivity contribution in [1.82, 2.24) is 15.5 Å². The Morgan fingerprint density at radius 1 is 1.32 bits per heavy atom. The maximum atomic E-state index is 12.3. The Hall–Kier alpha value is -2.15. The summed E-state index contributed by atoms with van der Waals surface area (Å²) in [5.74, 6) is -1.45. The summed E-state index contributed by atoms with van der Waals surface area (Å²) in [6, 6.07) is 8.57. The lowest BCUT2D eigenvalue weighted by Crippen LogP contribution is -2.42. The first-order valence-electron chi connectivity index (χ1n) is 6.91. The van der Waals surface area contributed by atoms with Gasteiger partial charge in [-0.05, 0) is 34.7 Å². The molecule has 1 aliphatic carbocycles. The maximum absolute atomic E-state index is 12.3. The van der Waals surface area contributed by atoms with Gasteiger partial charge < -0.3 is 10.4 Å². The van der Waals surface area contributed by atoms with E-state index in [-0.39, 0.29) is 11.6 Å². The lowest BCUT2D eigenvalue weighted by molar-refractivity contribution is -0.139. The fraction of sp³-hybridized carbons (Fsp3) is 0.267. The fourth-order valence-corrected chi connectivity index (χ4v) is 2.88. The molecular weight excluding hydrogens is 350 g/mol. The molecule has 1 atom stereocenters. The Bertz CT molecular complexity index is 710. The number of hydrogen-bond acceptors (Lipinski definition) is 3. The minimum Gasteiger partial charge on any atom is -0.480 e. The summed E-state index contributed by atoms with van der Waals surface area (Å²) in [5.41, 5.74) is 1.71. The van der Waals surface area contributed by atoms with Crippen LogP contribution in [0.3, 0.4) is 0 Å². The monoisotopic (exact) mass is 363 g/mol. The SMILES string of the molecule is O=C(NC(C(=O)O)C1CC1)c1[nH]nc(-c2ccccc2)c1Br. The lowest BCUT2D eigenvalue weighted by Gasteiger charge is -2.12. The smallest absolute Gasteiger partial charge is 0.326 e. The van der Waals surface area contributed by atoms with Crippen LogP contribution in [0.5, 0.6) is 0 Å². The molecule has 6 nitrogen and oxygen atoms in total. The van der Waals surface area contributed by atoms with Gasteiger partial charge in [0.05, 0.1) is 4.47 Å². The number of rotatable bonds is 5. The van der Waals surface area contributed by atoms with Crippen LogP contribution in [0, 0.1) is 5.92 Å². The molecule has 1 aromatic heterocycles. The van der Waals surface area contributed by atoms with E-state index in [4.69, 9.17) is 0 Å². The summed E-state index contributed by atoms with van der Waals surface area (Å²) in [7, 11) is 0. The highest BCUT2D eigenvalue weighted by molar-refractivity contribution is 9.10. The van der Waals surface area contributed by atoms with E-state index >= 15 is 0 Å². The summed E-state index contributed by atoms with van der Waals surface area (Å²) in [6.07, 6.45) is 1.66. The number of aromatic nitrogens is 2. The van der Waals surface area contributed by atoms with Crippen LogP contribution in [0.2, 0.25) is 0 Å². The number of hydrogen-bond donors (Lipinski definition) is 3. The van der Waals surface area contributed by atoms with Crippen molar-refractivity contribution in [2.45, 2.75) is 18.9 Å².